The maximum Gasteiger partial charge on any atom is 0.243 e. The van der Waals surface area contributed by atoms with Gasteiger partial charge in [-0.25, -0.2) is 13.1 Å². The SMILES string of the molecule is O=S(=O)(NCc1nnc(SCc2ccccc2)n1-c1cc(Cl)ccc1Cl)c1cccc2cccnc12. The van der Waals surface area contributed by atoms with E-state index in [1.807, 2.05) is 42.5 Å². The van der Waals surface area contributed by atoms with Crippen LogP contribution in [0.4, 0.5) is 0 Å². The molecule has 0 saturated carbocycles. The zero-order valence-corrected chi connectivity index (χ0v) is 21.8. The van der Waals surface area contributed by atoms with Gasteiger partial charge in [0.1, 0.15) is 4.90 Å². The summed E-state index contributed by atoms with van der Waals surface area (Å²) in [6.45, 7) is -0.118. The fourth-order valence-electron chi connectivity index (χ4n) is 3.66. The van der Waals surface area contributed by atoms with Crippen molar-refractivity contribution >= 4 is 55.9 Å². The summed E-state index contributed by atoms with van der Waals surface area (Å²) in [5.41, 5.74) is 2.07. The van der Waals surface area contributed by atoms with Crippen molar-refractivity contribution in [2.45, 2.75) is 22.3 Å². The first-order chi connectivity index (χ1) is 17.4. The summed E-state index contributed by atoms with van der Waals surface area (Å²) in [7, 11) is -3.91. The molecule has 182 valence electrons. The maximum absolute atomic E-state index is 13.2. The number of nitrogens with one attached hydrogen (secondary N) is 1. The largest absolute Gasteiger partial charge is 0.271 e. The van der Waals surface area contributed by atoms with Gasteiger partial charge in [0.05, 0.1) is 22.8 Å². The molecule has 0 aliphatic carbocycles. The van der Waals surface area contributed by atoms with Gasteiger partial charge in [-0.2, -0.15) is 0 Å². The Labute approximate surface area is 222 Å². The molecular weight excluding hydrogens is 537 g/mol. The lowest BCUT2D eigenvalue weighted by atomic mass is 10.2. The second-order valence-electron chi connectivity index (χ2n) is 7.76. The summed E-state index contributed by atoms with van der Waals surface area (Å²) in [5.74, 6) is 1.01. The van der Waals surface area contributed by atoms with Crippen LogP contribution in [0.1, 0.15) is 11.4 Å². The minimum atomic E-state index is -3.91. The van der Waals surface area contributed by atoms with E-state index in [9.17, 15) is 8.42 Å². The van der Waals surface area contributed by atoms with Crippen LogP contribution in [0.3, 0.4) is 0 Å². The zero-order valence-electron chi connectivity index (χ0n) is 18.7. The lowest BCUT2D eigenvalue weighted by Crippen LogP contribution is -2.25. The molecule has 0 amide bonds. The number of benzene rings is 3. The average Bonchev–Trinajstić information content (AvgIpc) is 3.30. The third-order valence-corrected chi connectivity index (χ3v) is 8.35. The highest BCUT2D eigenvalue weighted by Crippen LogP contribution is 2.31. The van der Waals surface area contributed by atoms with Gasteiger partial charge < -0.3 is 0 Å². The second kappa shape index (κ2) is 10.6. The van der Waals surface area contributed by atoms with Gasteiger partial charge in [0.2, 0.25) is 10.0 Å². The van der Waals surface area contributed by atoms with E-state index in [0.717, 1.165) is 10.9 Å². The highest BCUT2D eigenvalue weighted by Gasteiger charge is 2.22. The van der Waals surface area contributed by atoms with Crippen molar-refractivity contribution in [3.63, 3.8) is 0 Å². The predicted octanol–water partition coefficient (Wildman–Crippen LogP) is 5.89. The van der Waals surface area contributed by atoms with Crippen LogP contribution in [0.2, 0.25) is 10.0 Å². The molecular formula is C25H19Cl2N5O2S2. The minimum Gasteiger partial charge on any atom is -0.271 e. The minimum absolute atomic E-state index is 0.0890. The molecule has 5 rings (SSSR count). The number of rotatable bonds is 8. The summed E-state index contributed by atoms with van der Waals surface area (Å²) >= 11 is 14.2. The van der Waals surface area contributed by atoms with E-state index in [1.165, 1.54) is 17.8 Å². The molecule has 0 aliphatic heterocycles. The van der Waals surface area contributed by atoms with Crippen LogP contribution in [0.15, 0.2) is 95.1 Å². The van der Waals surface area contributed by atoms with Crippen LogP contribution in [0, 0.1) is 0 Å². The van der Waals surface area contributed by atoms with Crippen molar-refractivity contribution in [1.82, 2.24) is 24.5 Å². The summed E-state index contributed by atoms with van der Waals surface area (Å²) in [5, 5.41) is 10.8. The standard InChI is InChI=1S/C25H19Cl2N5O2S2/c26-19-11-12-20(27)21(14-19)32-23(30-31-25(32)35-16-17-6-2-1-3-7-17)15-29-36(33,34)22-10-4-8-18-9-5-13-28-24(18)22/h1-14,29H,15-16H2. The van der Waals surface area contributed by atoms with Gasteiger partial charge in [-0.3, -0.25) is 9.55 Å². The van der Waals surface area contributed by atoms with Crippen molar-refractivity contribution in [1.29, 1.82) is 0 Å². The van der Waals surface area contributed by atoms with E-state index in [-0.39, 0.29) is 11.4 Å². The van der Waals surface area contributed by atoms with E-state index in [4.69, 9.17) is 23.2 Å². The van der Waals surface area contributed by atoms with Crippen LogP contribution >= 0.6 is 35.0 Å². The fourth-order valence-corrected chi connectivity index (χ4v) is 6.11. The Morgan fingerprint density at radius 1 is 0.917 bits per heavy atom. The van der Waals surface area contributed by atoms with Crippen LogP contribution in [-0.4, -0.2) is 28.2 Å². The molecule has 0 bridgehead atoms. The first-order valence-electron chi connectivity index (χ1n) is 10.8. The molecule has 0 spiro atoms. The molecule has 2 heterocycles. The topological polar surface area (TPSA) is 89.8 Å². The normalized spacial score (nSPS) is 11.7. The number of halogens is 2. The van der Waals surface area contributed by atoms with Gasteiger partial charge in [-0.1, -0.05) is 83.5 Å². The highest BCUT2D eigenvalue weighted by molar-refractivity contribution is 7.98. The number of hydrogen-bond donors (Lipinski definition) is 1. The molecule has 11 heteroatoms. The first kappa shape index (κ1) is 24.7. The van der Waals surface area contributed by atoms with Crippen molar-refractivity contribution in [3.8, 4) is 5.69 Å². The molecule has 3 aromatic carbocycles. The molecule has 0 fully saturated rings. The van der Waals surface area contributed by atoms with E-state index in [2.05, 4.69) is 19.9 Å². The summed E-state index contributed by atoms with van der Waals surface area (Å²) in [6, 6.07) is 23.6. The molecule has 7 nitrogen and oxygen atoms in total. The average molecular weight is 557 g/mol. The molecule has 2 aromatic heterocycles. The number of thioether (sulfide) groups is 1. The second-order valence-corrected chi connectivity index (χ2v) is 11.3. The molecule has 0 unspecified atom stereocenters. The van der Waals surface area contributed by atoms with Crippen molar-refractivity contribution in [2.24, 2.45) is 0 Å². The van der Waals surface area contributed by atoms with E-state index >= 15 is 0 Å². The molecule has 0 atom stereocenters. The Morgan fingerprint density at radius 3 is 2.56 bits per heavy atom. The van der Waals surface area contributed by atoms with Crippen LogP contribution in [0.5, 0.6) is 0 Å². The van der Waals surface area contributed by atoms with E-state index in [0.29, 0.717) is 38.0 Å². The summed E-state index contributed by atoms with van der Waals surface area (Å²) in [6.07, 6.45) is 1.56. The Morgan fingerprint density at radius 2 is 1.72 bits per heavy atom. The quantitative estimate of drug-likeness (QED) is 0.240. The number of nitrogens with zero attached hydrogens (tertiary/aromatic N) is 4. The number of aromatic nitrogens is 4. The van der Waals surface area contributed by atoms with Gasteiger partial charge in [-0.05, 0) is 35.9 Å². The molecule has 0 radical (unpaired) electrons. The zero-order chi connectivity index (χ0) is 25.1. The molecule has 5 aromatic rings. The van der Waals surface area contributed by atoms with Gasteiger partial charge >= 0.3 is 0 Å². The lowest BCUT2D eigenvalue weighted by Gasteiger charge is -2.13. The fraction of sp³-hybridized carbons (Fsp3) is 0.0800. The lowest BCUT2D eigenvalue weighted by molar-refractivity contribution is 0.579. The third-order valence-electron chi connectivity index (χ3n) is 5.37. The maximum atomic E-state index is 13.2. The van der Waals surface area contributed by atoms with Crippen LogP contribution in [-0.2, 0) is 22.3 Å². The van der Waals surface area contributed by atoms with Crippen LogP contribution in [0.25, 0.3) is 16.6 Å². The number of pyridine rings is 1. The monoisotopic (exact) mass is 555 g/mol. The summed E-state index contributed by atoms with van der Waals surface area (Å²) < 4.78 is 30.9. The number of hydrogen-bond acceptors (Lipinski definition) is 6. The van der Waals surface area contributed by atoms with E-state index < -0.39 is 10.0 Å². The smallest absolute Gasteiger partial charge is 0.243 e. The van der Waals surface area contributed by atoms with Gasteiger partial charge in [-0.15, -0.1) is 10.2 Å². The molecule has 0 aliphatic rings. The van der Waals surface area contributed by atoms with Crippen molar-refractivity contribution < 1.29 is 8.42 Å². The Bertz CT molecular complexity index is 1640. The van der Waals surface area contributed by atoms with Crippen LogP contribution < -0.4 is 4.72 Å². The Kier molecular flexibility index (Phi) is 7.27. The molecule has 1 N–H and O–H groups in total. The van der Waals surface area contributed by atoms with E-state index in [1.54, 1.807) is 41.1 Å². The predicted molar refractivity (Wildman–Crippen MR) is 143 cm³/mol. The van der Waals surface area contributed by atoms with Gasteiger partial charge in [0, 0.05) is 22.4 Å². The molecule has 0 saturated heterocycles. The molecule has 36 heavy (non-hydrogen) atoms. The Balaban J connectivity index is 1.48. The third kappa shape index (κ3) is 5.25. The van der Waals surface area contributed by atoms with Gasteiger partial charge in [0.25, 0.3) is 0 Å². The highest BCUT2D eigenvalue weighted by atomic mass is 35.5. The first-order valence-corrected chi connectivity index (χ1v) is 14.0. The van der Waals surface area contributed by atoms with Crippen molar-refractivity contribution in [2.75, 3.05) is 0 Å². The van der Waals surface area contributed by atoms with Gasteiger partial charge in [0.15, 0.2) is 11.0 Å². The number of para-hydroxylation sites is 1. The number of sulfonamides is 1. The van der Waals surface area contributed by atoms with Crippen molar-refractivity contribution in [3.05, 3.63) is 106 Å². The Hall–Kier alpha value is -2.95. The number of fused-ring (bicyclic) bond motifs is 1. The summed E-state index contributed by atoms with van der Waals surface area (Å²) in [4.78, 5) is 4.35.